The average molecular weight is 604 g/mol. The Balaban J connectivity index is 1.98. The predicted molar refractivity (Wildman–Crippen MR) is 141 cm³/mol. The van der Waals surface area contributed by atoms with E-state index in [0.717, 1.165) is 0 Å². The lowest BCUT2D eigenvalue weighted by molar-refractivity contribution is -0.143. The van der Waals surface area contributed by atoms with Crippen LogP contribution < -0.4 is 5.32 Å². The standard InChI is InChI=1S/C29H32F7N3O3/c1-6-7-23(18-13-19(28(31,32)33)15-20(14-18)29(34,35)36)37-25(40)39-11-10-38(26(41)42-27(3,4)5)16-24(39)22-9-8-21(30)12-17(22)2/h6,8-9,12-15,23-24H,1,7,10-11,16H2,2-5H3,(H,37,40). The van der Waals surface area contributed by atoms with Crippen molar-refractivity contribution in [2.75, 3.05) is 19.6 Å². The molecule has 42 heavy (non-hydrogen) atoms. The van der Waals surface area contributed by atoms with Crippen LogP contribution in [0.15, 0.2) is 49.1 Å². The lowest BCUT2D eigenvalue weighted by atomic mass is 9.96. The molecule has 0 saturated carbocycles. The lowest BCUT2D eigenvalue weighted by Crippen LogP contribution is -2.55. The van der Waals surface area contributed by atoms with Gasteiger partial charge in [-0.25, -0.2) is 14.0 Å². The first-order valence-corrected chi connectivity index (χ1v) is 13.0. The van der Waals surface area contributed by atoms with Crippen LogP contribution in [0, 0.1) is 12.7 Å². The second-order valence-electron chi connectivity index (χ2n) is 11.0. The van der Waals surface area contributed by atoms with Crippen molar-refractivity contribution in [1.29, 1.82) is 0 Å². The molecule has 0 aliphatic carbocycles. The molecule has 1 saturated heterocycles. The molecule has 3 amide bonds. The normalized spacial score (nSPS) is 17.1. The van der Waals surface area contributed by atoms with Crippen molar-refractivity contribution < 1.29 is 45.1 Å². The van der Waals surface area contributed by atoms with Gasteiger partial charge in [0.05, 0.1) is 23.2 Å². The highest BCUT2D eigenvalue weighted by Gasteiger charge is 2.39. The quantitative estimate of drug-likeness (QED) is 0.280. The number of piperazine rings is 1. The van der Waals surface area contributed by atoms with Crippen LogP contribution in [0.25, 0.3) is 0 Å². The van der Waals surface area contributed by atoms with Crippen LogP contribution in [0.4, 0.5) is 40.3 Å². The predicted octanol–water partition coefficient (Wildman–Crippen LogP) is 7.79. The van der Waals surface area contributed by atoms with E-state index in [1.54, 1.807) is 27.7 Å². The summed E-state index contributed by atoms with van der Waals surface area (Å²) in [7, 11) is 0. The van der Waals surface area contributed by atoms with Crippen molar-refractivity contribution in [2.45, 2.75) is 64.2 Å². The van der Waals surface area contributed by atoms with E-state index in [0.29, 0.717) is 23.3 Å². The van der Waals surface area contributed by atoms with Crippen LogP contribution in [0.1, 0.15) is 67.1 Å². The zero-order valence-corrected chi connectivity index (χ0v) is 23.5. The summed E-state index contributed by atoms with van der Waals surface area (Å²) < 4.78 is 100. The second kappa shape index (κ2) is 12.2. The maximum absolute atomic E-state index is 13.9. The molecule has 1 aliphatic heterocycles. The Hall–Kier alpha value is -3.77. The van der Waals surface area contributed by atoms with E-state index in [4.69, 9.17) is 4.74 Å². The number of ether oxygens (including phenoxy) is 1. The fraction of sp³-hybridized carbons (Fsp3) is 0.448. The van der Waals surface area contributed by atoms with E-state index >= 15 is 0 Å². The number of carbonyl (C=O) groups is 2. The van der Waals surface area contributed by atoms with E-state index in [9.17, 15) is 40.3 Å². The molecule has 2 aromatic carbocycles. The van der Waals surface area contributed by atoms with E-state index in [-0.39, 0.29) is 32.1 Å². The molecule has 0 spiro atoms. The lowest BCUT2D eigenvalue weighted by Gasteiger charge is -2.42. The summed E-state index contributed by atoms with van der Waals surface area (Å²) in [5, 5.41) is 2.55. The molecule has 0 aromatic heterocycles. The number of amides is 3. The molecular formula is C29H32F7N3O3. The molecular weight excluding hydrogens is 571 g/mol. The number of hydrogen-bond acceptors (Lipinski definition) is 3. The summed E-state index contributed by atoms with van der Waals surface area (Å²) in [5.74, 6) is -0.525. The third kappa shape index (κ3) is 8.16. The van der Waals surface area contributed by atoms with Gasteiger partial charge in [-0.15, -0.1) is 6.58 Å². The summed E-state index contributed by atoms with van der Waals surface area (Å²) in [6.07, 6.45) is -9.69. The van der Waals surface area contributed by atoms with Gasteiger partial charge in [0.1, 0.15) is 11.4 Å². The molecule has 2 aromatic rings. The summed E-state index contributed by atoms with van der Waals surface area (Å²) in [4.78, 5) is 29.1. The number of carbonyl (C=O) groups excluding carboxylic acids is 2. The molecule has 230 valence electrons. The number of benzene rings is 2. The molecule has 1 N–H and O–H groups in total. The smallest absolute Gasteiger partial charge is 0.416 e. The molecule has 13 heteroatoms. The number of nitrogens with one attached hydrogen (secondary N) is 1. The van der Waals surface area contributed by atoms with Gasteiger partial charge in [-0.05, 0) is 81.1 Å². The Morgan fingerprint density at radius 2 is 1.62 bits per heavy atom. The monoisotopic (exact) mass is 603 g/mol. The fourth-order valence-electron chi connectivity index (χ4n) is 4.65. The SMILES string of the molecule is C=CCC(NC(=O)N1CCN(C(=O)OC(C)(C)C)CC1c1ccc(F)cc1C)c1cc(C(F)(F)F)cc(C(F)(F)F)c1. The Morgan fingerprint density at radius 1 is 1.02 bits per heavy atom. The summed E-state index contributed by atoms with van der Waals surface area (Å²) >= 11 is 0. The first-order chi connectivity index (χ1) is 19.3. The molecule has 2 atom stereocenters. The molecule has 2 unspecified atom stereocenters. The van der Waals surface area contributed by atoms with Crippen molar-refractivity contribution in [3.8, 4) is 0 Å². The highest BCUT2D eigenvalue weighted by atomic mass is 19.4. The first kappa shape index (κ1) is 32.7. The van der Waals surface area contributed by atoms with Gasteiger partial charge in [0, 0.05) is 19.6 Å². The average Bonchev–Trinajstić information content (AvgIpc) is 2.85. The number of hydrogen-bond donors (Lipinski definition) is 1. The van der Waals surface area contributed by atoms with Gasteiger partial charge in [-0.1, -0.05) is 12.1 Å². The number of halogens is 7. The van der Waals surface area contributed by atoms with Gasteiger partial charge in [0.15, 0.2) is 0 Å². The van der Waals surface area contributed by atoms with Crippen LogP contribution in [-0.2, 0) is 17.1 Å². The van der Waals surface area contributed by atoms with E-state index in [1.165, 1.54) is 34.1 Å². The van der Waals surface area contributed by atoms with Gasteiger partial charge in [0.25, 0.3) is 0 Å². The Morgan fingerprint density at radius 3 is 2.12 bits per heavy atom. The highest BCUT2D eigenvalue weighted by molar-refractivity contribution is 5.76. The molecule has 6 nitrogen and oxygen atoms in total. The van der Waals surface area contributed by atoms with E-state index < -0.39 is 64.7 Å². The van der Waals surface area contributed by atoms with Crippen LogP contribution >= 0.6 is 0 Å². The first-order valence-electron chi connectivity index (χ1n) is 13.0. The largest absolute Gasteiger partial charge is 0.444 e. The van der Waals surface area contributed by atoms with Crippen LogP contribution in [0.3, 0.4) is 0 Å². The number of alkyl halides is 6. The molecule has 0 radical (unpaired) electrons. The number of urea groups is 1. The summed E-state index contributed by atoms with van der Waals surface area (Å²) in [5.41, 5.74) is -3.27. The third-order valence-electron chi connectivity index (χ3n) is 6.60. The minimum Gasteiger partial charge on any atom is -0.444 e. The summed E-state index contributed by atoms with van der Waals surface area (Å²) in [6, 6.07) is 2.10. The minimum atomic E-state index is -5.07. The number of rotatable bonds is 5. The highest BCUT2D eigenvalue weighted by Crippen LogP contribution is 2.38. The van der Waals surface area contributed by atoms with Crippen molar-refractivity contribution >= 4 is 12.1 Å². The Kier molecular flexibility index (Phi) is 9.53. The maximum atomic E-state index is 13.9. The zero-order chi connectivity index (χ0) is 31.6. The maximum Gasteiger partial charge on any atom is 0.416 e. The molecule has 1 heterocycles. The van der Waals surface area contributed by atoms with Crippen molar-refractivity contribution in [3.63, 3.8) is 0 Å². The van der Waals surface area contributed by atoms with E-state index in [1.807, 2.05) is 0 Å². The van der Waals surface area contributed by atoms with Crippen molar-refractivity contribution in [1.82, 2.24) is 15.1 Å². The summed E-state index contributed by atoms with van der Waals surface area (Å²) in [6.45, 7) is 10.1. The number of nitrogens with zero attached hydrogens (tertiary/aromatic N) is 2. The van der Waals surface area contributed by atoms with Crippen LogP contribution in [-0.4, -0.2) is 47.2 Å². The van der Waals surface area contributed by atoms with Gasteiger partial charge < -0.3 is 19.9 Å². The van der Waals surface area contributed by atoms with Gasteiger partial charge >= 0.3 is 24.5 Å². The minimum absolute atomic E-state index is 0.0134. The van der Waals surface area contributed by atoms with Crippen molar-refractivity contribution in [3.05, 3.63) is 82.7 Å². The van der Waals surface area contributed by atoms with Gasteiger partial charge in [-0.3, -0.25) is 0 Å². The zero-order valence-electron chi connectivity index (χ0n) is 23.5. The molecule has 1 fully saturated rings. The molecule has 1 aliphatic rings. The Labute approximate surface area is 239 Å². The van der Waals surface area contributed by atoms with Crippen LogP contribution in [0.5, 0.6) is 0 Å². The third-order valence-corrected chi connectivity index (χ3v) is 6.60. The van der Waals surface area contributed by atoms with Gasteiger partial charge in [-0.2, -0.15) is 26.3 Å². The van der Waals surface area contributed by atoms with E-state index in [2.05, 4.69) is 11.9 Å². The Bertz CT molecular complexity index is 1290. The fourth-order valence-corrected chi connectivity index (χ4v) is 4.65. The second-order valence-corrected chi connectivity index (χ2v) is 11.0. The molecule has 0 bridgehead atoms. The number of aryl methyl sites for hydroxylation is 1. The topological polar surface area (TPSA) is 61.9 Å². The van der Waals surface area contributed by atoms with Gasteiger partial charge in [0.2, 0.25) is 0 Å². The molecule has 3 rings (SSSR count). The van der Waals surface area contributed by atoms with Crippen LogP contribution in [0.2, 0.25) is 0 Å². The van der Waals surface area contributed by atoms with Crippen molar-refractivity contribution in [2.24, 2.45) is 0 Å².